The predicted molar refractivity (Wildman–Crippen MR) is 68.5 cm³/mol. The van der Waals surface area contributed by atoms with Crippen LogP contribution in [0, 0.1) is 0 Å². The highest BCUT2D eigenvalue weighted by Crippen LogP contribution is 2.33. The Morgan fingerprint density at radius 3 is 2.89 bits per heavy atom. The first-order valence-electron chi connectivity index (χ1n) is 6.47. The van der Waals surface area contributed by atoms with Crippen LogP contribution in [0.25, 0.3) is 0 Å². The van der Waals surface area contributed by atoms with Gasteiger partial charge in [0.1, 0.15) is 0 Å². The first kappa shape index (κ1) is 11.7. The monoisotopic (exact) mass is 246 g/mol. The van der Waals surface area contributed by atoms with Crippen molar-refractivity contribution in [3.05, 3.63) is 35.4 Å². The molecule has 1 unspecified atom stereocenters. The van der Waals surface area contributed by atoms with E-state index in [-0.39, 0.29) is 12.0 Å². The quantitative estimate of drug-likeness (QED) is 0.744. The Morgan fingerprint density at radius 2 is 2.22 bits per heavy atom. The largest absolute Gasteiger partial charge is 0.481 e. The molecule has 2 aliphatic rings. The lowest BCUT2D eigenvalue weighted by Crippen LogP contribution is -2.68. The summed E-state index contributed by atoms with van der Waals surface area (Å²) in [5.74, 6) is -0.727. The Morgan fingerprint density at radius 1 is 1.44 bits per heavy atom. The summed E-state index contributed by atoms with van der Waals surface area (Å²) in [5, 5.41) is 15.8. The van der Waals surface area contributed by atoms with Crippen molar-refractivity contribution in [2.75, 3.05) is 13.1 Å². The highest BCUT2D eigenvalue weighted by molar-refractivity contribution is 5.69. The fourth-order valence-electron chi connectivity index (χ4n) is 3.07. The van der Waals surface area contributed by atoms with Crippen molar-refractivity contribution in [2.24, 2.45) is 0 Å². The lowest BCUT2D eigenvalue weighted by Gasteiger charge is -2.44. The highest BCUT2D eigenvalue weighted by atomic mass is 16.4. The zero-order valence-corrected chi connectivity index (χ0v) is 10.3. The molecule has 1 saturated heterocycles. The number of aryl methyl sites for hydroxylation is 1. The number of aliphatic carboxylic acids is 1. The Hall–Kier alpha value is -1.39. The first-order chi connectivity index (χ1) is 8.69. The van der Waals surface area contributed by atoms with Crippen LogP contribution < -0.4 is 10.6 Å². The van der Waals surface area contributed by atoms with E-state index in [0.29, 0.717) is 6.04 Å². The lowest BCUT2D eigenvalue weighted by molar-refractivity contribution is -0.139. The number of hydrogen-bond acceptors (Lipinski definition) is 3. The maximum absolute atomic E-state index is 11.0. The van der Waals surface area contributed by atoms with Crippen molar-refractivity contribution in [1.29, 1.82) is 0 Å². The molecule has 0 aromatic heterocycles. The molecule has 0 saturated carbocycles. The molecule has 1 aliphatic carbocycles. The van der Waals surface area contributed by atoms with Gasteiger partial charge in [-0.05, 0) is 24.0 Å². The third-order valence-corrected chi connectivity index (χ3v) is 4.03. The van der Waals surface area contributed by atoms with E-state index in [0.717, 1.165) is 25.9 Å². The van der Waals surface area contributed by atoms with E-state index >= 15 is 0 Å². The molecule has 96 valence electrons. The summed E-state index contributed by atoms with van der Waals surface area (Å²) in [6.07, 6.45) is 2.35. The van der Waals surface area contributed by atoms with Crippen molar-refractivity contribution in [1.82, 2.24) is 10.6 Å². The minimum Gasteiger partial charge on any atom is -0.481 e. The van der Waals surface area contributed by atoms with Crippen LogP contribution in [0.3, 0.4) is 0 Å². The number of carbonyl (C=O) groups is 1. The van der Waals surface area contributed by atoms with Gasteiger partial charge in [-0.1, -0.05) is 24.3 Å². The van der Waals surface area contributed by atoms with Crippen LogP contribution >= 0.6 is 0 Å². The van der Waals surface area contributed by atoms with E-state index in [2.05, 4.69) is 34.9 Å². The second kappa shape index (κ2) is 4.37. The molecule has 1 aromatic rings. The number of benzene rings is 1. The second-order valence-electron chi connectivity index (χ2n) is 5.39. The summed E-state index contributed by atoms with van der Waals surface area (Å²) in [5.41, 5.74) is 2.48. The molecule has 18 heavy (non-hydrogen) atoms. The van der Waals surface area contributed by atoms with Crippen LogP contribution in [-0.4, -0.2) is 29.7 Å². The Kier molecular flexibility index (Phi) is 2.84. The molecule has 3 rings (SSSR count). The summed E-state index contributed by atoms with van der Waals surface area (Å²) >= 11 is 0. The van der Waals surface area contributed by atoms with Crippen LogP contribution in [-0.2, 0) is 11.2 Å². The average Bonchev–Trinajstić information content (AvgIpc) is 2.69. The zero-order chi connectivity index (χ0) is 12.6. The van der Waals surface area contributed by atoms with E-state index in [4.69, 9.17) is 5.11 Å². The molecule has 1 aromatic carbocycles. The van der Waals surface area contributed by atoms with Gasteiger partial charge in [-0.3, -0.25) is 4.79 Å². The minimum absolute atomic E-state index is 0.193. The highest BCUT2D eigenvalue weighted by Gasteiger charge is 2.41. The van der Waals surface area contributed by atoms with Gasteiger partial charge in [0.15, 0.2) is 0 Å². The van der Waals surface area contributed by atoms with Gasteiger partial charge in [0.25, 0.3) is 0 Å². The molecule has 0 bridgehead atoms. The lowest BCUT2D eigenvalue weighted by atomic mass is 9.87. The molecule has 3 N–H and O–H groups in total. The molecular weight excluding hydrogens is 228 g/mol. The topological polar surface area (TPSA) is 61.4 Å². The molecule has 0 amide bonds. The summed E-state index contributed by atoms with van der Waals surface area (Å²) in [7, 11) is 0. The average molecular weight is 246 g/mol. The maximum atomic E-state index is 11.0. The van der Waals surface area contributed by atoms with Gasteiger partial charge >= 0.3 is 5.97 Å². The molecule has 0 spiro atoms. The Balaban J connectivity index is 1.75. The van der Waals surface area contributed by atoms with Crippen molar-refractivity contribution in [3.8, 4) is 0 Å². The number of carboxylic acid groups (broad SMARTS) is 1. The standard InChI is InChI=1S/C14H18N2O2/c17-13(18)7-14(8-15-9-14)16-12-6-5-10-3-1-2-4-11(10)12/h1-4,12,15-16H,5-9H2,(H,17,18). The van der Waals surface area contributed by atoms with Gasteiger partial charge in [-0.2, -0.15) is 0 Å². The molecule has 1 atom stereocenters. The molecule has 0 radical (unpaired) electrons. The van der Waals surface area contributed by atoms with Crippen LogP contribution in [0.5, 0.6) is 0 Å². The van der Waals surface area contributed by atoms with Gasteiger partial charge in [0, 0.05) is 19.1 Å². The molecule has 1 aliphatic heterocycles. The Bertz CT molecular complexity index is 469. The third kappa shape index (κ3) is 2.02. The van der Waals surface area contributed by atoms with Crippen molar-refractivity contribution >= 4 is 5.97 Å². The van der Waals surface area contributed by atoms with E-state index < -0.39 is 5.97 Å². The fraction of sp³-hybridized carbons (Fsp3) is 0.500. The predicted octanol–water partition coefficient (Wildman–Crippen LogP) is 1.08. The maximum Gasteiger partial charge on any atom is 0.305 e. The number of hydrogen-bond donors (Lipinski definition) is 3. The first-order valence-corrected chi connectivity index (χ1v) is 6.47. The summed E-state index contributed by atoms with van der Waals surface area (Å²) in [6, 6.07) is 8.75. The zero-order valence-electron chi connectivity index (χ0n) is 10.3. The summed E-state index contributed by atoms with van der Waals surface area (Å²) in [6.45, 7) is 1.50. The van der Waals surface area contributed by atoms with Crippen molar-refractivity contribution in [3.63, 3.8) is 0 Å². The summed E-state index contributed by atoms with van der Waals surface area (Å²) in [4.78, 5) is 11.0. The fourth-order valence-corrected chi connectivity index (χ4v) is 3.07. The van der Waals surface area contributed by atoms with Crippen LogP contribution in [0.2, 0.25) is 0 Å². The van der Waals surface area contributed by atoms with E-state index in [1.54, 1.807) is 0 Å². The SMILES string of the molecule is O=C(O)CC1(NC2CCc3ccccc32)CNC1. The van der Waals surface area contributed by atoms with Crippen LogP contribution in [0.15, 0.2) is 24.3 Å². The van der Waals surface area contributed by atoms with E-state index in [9.17, 15) is 4.79 Å². The molecule has 4 heteroatoms. The van der Waals surface area contributed by atoms with Gasteiger partial charge in [-0.25, -0.2) is 0 Å². The molecular formula is C14H18N2O2. The van der Waals surface area contributed by atoms with Gasteiger partial charge in [-0.15, -0.1) is 0 Å². The van der Waals surface area contributed by atoms with E-state index in [1.165, 1.54) is 11.1 Å². The summed E-state index contributed by atoms with van der Waals surface area (Å²) < 4.78 is 0. The second-order valence-corrected chi connectivity index (χ2v) is 5.39. The number of nitrogens with one attached hydrogen (secondary N) is 2. The van der Waals surface area contributed by atoms with Crippen LogP contribution in [0.4, 0.5) is 0 Å². The van der Waals surface area contributed by atoms with Crippen LogP contribution in [0.1, 0.15) is 30.0 Å². The van der Waals surface area contributed by atoms with Gasteiger partial charge in [0.05, 0.1) is 12.0 Å². The molecule has 4 nitrogen and oxygen atoms in total. The normalized spacial score (nSPS) is 24.3. The van der Waals surface area contributed by atoms with Gasteiger partial charge in [0.2, 0.25) is 0 Å². The molecule has 1 fully saturated rings. The third-order valence-electron chi connectivity index (χ3n) is 4.03. The van der Waals surface area contributed by atoms with Gasteiger partial charge < -0.3 is 15.7 Å². The number of carboxylic acids is 1. The Labute approximate surface area is 106 Å². The van der Waals surface area contributed by atoms with Crippen molar-refractivity contribution in [2.45, 2.75) is 30.8 Å². The molecule has 1 heterocycles. The number of fused-ring (bicyclic) bond motifs is 1. The number of rotatable bonds is 4. The smallest absolute Gasteiger partial charge is 0.305 e. The van der Waals surface area contributed by atoms with Crippen molar-refractivity contribution < 1.29 is 9.90 Å². The minimum atomic E-state index is -0.727. The van der Waals surface area contributed by atoms with E-state index in [1.807, 2.05) is 0 Å².